The summed E-state index contributed by atoms with van der Waals surface area (Å²) in [7, 11) is 0. The van der Waals surface area contributed by atoms with Crippen molar-refractivity contribution in [1.82, 2.24) is 0 Å². The Morgan fingerprint density at radius 1 is 0.303 bits per heavy atom. The molecule has 0 N–H and O–H groups in total. The minimum absolute atomic E-state index is 0.171. The van der Waals surface area contributed by atoms with Gasteiger partial charge in [0.05, 0.1) is 0 Å². The summed E-state index contributed by atoms with van der Waals surface area (Å²) in [4.78, 5) is 10.5. The minimum atomic E-state index is -1.23. The number of fused-ring (bicyclic) bond motifs is 24. The first-order valence-electron chi connectivity index (χ1n) is 26.3. The van der Waals surface area contributed by atoms with Gasteiger partial charge in [0, 0.05) is 0 Å². The van der Waals surface area contributed by atoms with Crippen molar-refractivity contribution in [2.24, 2.45) is 0 Å². The van der Waals surface area contributed by atoms with Gasteiger partial charge in [-0.2, -0.15) is 0 Å². The van der Waals surface area contributed by atoms with Crippen LogP contribution in [-0.4, -0.2) is 8.29 Å². The first-order chi connectivity index (χ1) is 36.9. The van der Waals surface area contributed by atoms with Crippen LogP contribution in [0.1, 0.15) is 52.7 Å². The molecular weight excluding hydrogens is 1110 g/mol. The van der Waals surface area contributed by atoms with Crippen molar-refractivity contribution in [3.8, 4) is 78.3 Å². The van der Waals surface area contributed by atoms with E-state index in [1.165, 1.54) is 86.2 Å². The number of hydrogen-bond acceptors (Lipinski definition) is 5. The van der Waals surface area contributed by atoms with Crippen LogP contribution < -0.4 is 24.3 Å². The first kappa shape index (κ1) is 45.1. The van der Waals surface area contributed by atoms with Gasteiger partial charge in [-0.3, -0.25) is 0 Å². The molecule has 76 heavy (non-hydrogen) atoms. The average Bonchev–Trinajstić information content (AvgIpc) is 4.14. The quantitative estimate of drug-likeness (QED) is 0.150. The zero-order valence-electron chi connectivity index (χ0n) is 43.3. The summed E-state index contributed by atoms with van der Waals surface area (Å²) in [5.41, 5.74) is 25.3. The number of hydrogen-bond donors (Lipinski definition) is 0. The molecule has 0 amide bonds. The van der Waals surface area contributed by atoms with Gasteiger partial charge in [0.1, 0.15) is 0 Å². The second kappa shape index (κ2) is 16.6. The summed E-state index contributed by atoms with van der Waals surface area (Å²) >= 11 is -1.23. The van der Waals surface area contributed by atoms with E-state index in [-0.39, 0.29) is 10.8 Å². The number of nitrogens with zero attached hydrogens (tertiary/aromatic N) is 4. The third-order valence-corrected chi connectivity index (χ3v) is 18.7. The molecule has 370 valence electrons. The molecule has 10 aromatic rings. The fourth-order valence-corrected chi connectivity index (χ4v) is 15.5. The average molecular weight is 1160 g/mol. The molecule has 0 aromatic heterocycles. The van der Waals surface area contributed by atoms with Crippen molar-refractivity contribution in [2.45, 2.75) is 52.4 Å². The molecule has 0 saturated heterocycles. The molecule has 0 spiro atoms. The van der Waals surface area contributed by atoms with E-state index in [0.29, 0.717) is 0 Å². The Kier molecular flexibility index (Phi) is 9.82. The topological polar surface area (TPSA) is 22.2 Å². The van der Waals surface area contributed by atoms with E-state index in [0.717, 1.165) is 57.0 Å². The van der Waals surface area contributed by atoms with Crippen molar-refractivity contribution in [1.29, 1.82) is 0 Å². The molecule has 0 aliphatic carbocycles. The van der Waals surface area contributed by atoms with Gasteiger partial charge in [-0.1, -0.05) is 0 Å². The zero-order chi connectivity index (χ0) is 51.2. The second-order valence-electron chi connectivity index (χ2n) is 22.6. The second-order valence-corrected chi connectivity index (χ2v) is 25.2. The molecule has 6 heteroatoms. The van der Waals surface area contributed by atoms with E-state index in [1.54, 1.807) is 0 Å². The Morgan fingerprint density at radius 2 is 0.605 bits per heavy atom. The van der Waals surface area contributed by atoms with Crippen LogP contribution in [0, 0.1) is 0 Å². The Hall–Kier alpha value is -8.37. The Labute approximate surface area is 453 Å². The van der Waals surface area contributed by atoms with Crippen molar-refractivity contribution < 1.29 is 22.4 Å². The van der Waals surface area contributed by atoms with Gasteiger partial charge in [0.25, 0.3) is 0 Å². The van der Waals surface area contributed by atoms with E-state index >= 15 is 0 Å². The van der Waals surface area contributed by atoms with Gasteiger partial charge < -0.3 is 0 Å². The summed E-state index contributed by atoms with van der Waals surface area (Å²) < 4.78 is 9.37. The van der Waals surface area contributed by atoms with Gasteiger partial charge in [-0.25, -0.2) is 0 Å². The van der Waals surface area contributed by atoms with E-state index in [4.69, 9.17) is 4.74 Å². The van der Waals surface area contributed by atoms with Gasteiger partial charge in [0.15, 0.2) is 0 Å². The third-order valence-electron chi connectivity index (χ3n) is 15.7. The zero-order valence-corrected chi connectivity index (χ0v) is 45.6. The fourth-order valence-electron chi connectivity index (χ4n) is 11.8. The SMILES string of the molecule is CC(C)(C)c1cc2c3c(c1)-c1cccc(c1)-c1cccc(c1)-c1cc(C(C)(C)C)cc(c1N1[C]4=[Pt]=[C]5N(c6cccc(c6)Oc6cccc(c6)N4c4ccccc41)c1ccccc1N53)-c1cccc(c1)-c1cccc-2c1. The van der Waals surface area contributed by atoms with E-state index < -0.39 is 17.6 Å². The summed E-state index contributed by atoms with van der Waals surface area (Å²) in [5, 5.41) is 0. The predicted octanol–water partition coefficient (Wildman–Crippen LogP) is 18.6. The van der Waals surface area contributed by atoms with Crippen LogP contribution in [0.25, 0.3) is 66.8 Å². The van der Waals surface area contributed by atoms with E-state index in [1.807, 2.05) is 0 Å². The molecule has 10 aromatic carbocycles. The van der Waals surface area contributed by atoms with Crippen LogP contribution in [0.5, 0.6) is 11.5 Å². The van der Waals surface area contributed by atoms with Crippen molar-refractivity contribution >= 4 is 53.8 Å². The summed E-state index contributed by atoms with van der Waals surface area (Å²) in [6.45, 7) is 14.1. The van der Waals surface area contributed by atoms with Crippen molar-refractivity contribution in [3.63, 3.8) is 0 Å². The molecule has 5 nitrogen and oxygen atoms in total. The molecule has 5 heterocycles. The molecule has 0 fully saturated rings. The van der Waals surface area contributed by atoms with Gasteiger partial charge >= 0.3 is 456 Å². The number of rotatable bonds is 0. The van der Waals surface area contributed by atoms with Gasteiger partial charge in [-0.05, 0) is 0 Å². The molecule has 0 saturated carbocycles. The normalized spacial score (nSPS) is 14.4. The predicted molar refractivity (Wildman–Crippen MR) is 314 cm³/mol. The molecule has 0 radical (unpaired) electrons. The summed E-state index contributed by atoms with van der Waals surface area (Å²) in [6, 6.07) is 82.9. The fraction of sp³-hybridized carbons (Fsp3) is 0.114. The van der Waals surface area contributed by atoms with Gasteiger partial charge in [-0.15, -0.1) is 0 Å². The Morgan fingerprint density at radius 3 is 0.934 bits per heavy atom. The van der Waals surface area contributed by atoms with Crippen molar-refractivity contribution in [2.75, 3.05) is 19.6 Å². The maximum atomic E-state index is 6.94. The van der Waals surface area contributed by atoms with Crippen LogP contribution in [0.2, 0.25) is 0 Å². The van der Waals surface area contributed by atoms with Crippen LogP contribution >= 0.6 is 0 Å². The summed E-state index contributed by atoms with van der Waals surface area (Å²) in [6.07, 6.45) is 0. The molecule has 5 aliphatic rings. The molecule has 0 unspecified atom stereocenters. The van der Waals surface area contributed by atoms with Crippen LogP contribution in [0.3, 0.4) is 0 Å². The molecule has 16 bridgehead atoms. The first-order valence-corrected chi connectivity index (χ1v) is 28.6. The maximum absolute atomic E-state index is 6.94. The molecule has 15 rings (SSSR count). The summed E-state index contributed by atoms with van der Waals surface area (Å²) in [5.74, 6) is 1.57. The number of anilines is 8. The number of benzene rings is 10. The molecule has 5 aliphatic heterocycles. The van der Waals surface area contributed by atoms with Gasteiger partial charge in [0.2, 0.25) is 0 Å². The number of ether oxygens (including phenoxy) is 1. The van der Waals surface area contributed by atoms with Crippen LogP contribution in [-0.2, 0) is 28.5 Å². The third kappa shape index (κ3) is 7.02. The molecular formula is C70H54N4OPt. The van der Waals surface area contributed by atoms with E-state index in [9.17, 15) is 0 Å². The number of para-hydroxylation sites is 4. The van der Waals surface area contributed by atoms with Crippen LogP contribution in [0.15, 0.2) is 218 Å². The van der Waals surface area contributed by atoms with Crippen LogP contribution in [0.4, 0.5) is 45.5 Å². The Balaban J connectivity index is 1.25. The van der Waals surface area contributed by atoms with E-state index in [2.05, 4.69) is 280 Å². The Bertz CT molecular complexity index is 3810. The molecule has 0 atom stereocenters. The standard InChI is InChI=1S/C70H54N4O.Pt/c1-69(2,3)53-37-59-49-21-11-17-45(33-49)47-19-13-23-51(35-47)61-39-54(70(4,5)6)40-62-52-24-14-20-48(36-52)46-18-12-22-50(34-46)60(38-53)67(59)73-43-71(63-29-7-9-31-65(63)73)55-25-15-27-57(41-55)75-58-28-16-26-56(42-58)72-44-74(68(61)62)66-32-10-8-30-64(66)72;/h7-42H,1-6H3;. The monoisotopic (exact) mass is 1160 g/mol. The van der Waals surface area contributed by atoms with Crippen molar-refractivity contribution in [3.05, 3.63) is 230 Å².